The first kappa shape index (κ1) is 17.5. The summed E-state index contributed by atoms with van der Waals surface area (Å²) in [5.41, 5.74) is 1.93. The monoisotopic (exact) mass is 313 g/mol. The number of hydrogen-bond acceptors (Lipinski definition) is 3. The third-order valence-electron chi connectivity index (χ3n) is 3.12. The van der Waals surface area contributed by atoms with E-state index in [1.54, 1.807) is 0 Å². The fourth-order valence-corrected chi connectivity index (χ4v) is 2.01. The van der Waals surface area contributed by atoms with Crippen molar-refractivity contribution in [3.8, 4) is 0 Å². The molecule has 0 bridgehead atoms. The summed E-state index contributed by atoms with van der Waals surface area (Å²) < 4.78 is 4.83. The first-order valence-corrected chi connectivity index (χ1v) is 7.08. The molecule has 2 N–H and O–H groups in total. The molecule has 0 aliphatic carbocycles. The molecular weight excluding hydrogens is 294 g/mol. The van der Waals surface area contributed by atoms with E-state index in [1.165, 1.54) is 7.11 Å². The van der Waals surface area contributed by atoms with Gasteiger partial charge in [-0.15, -0.1) is 0 Å². The number of hydrogen-bond donors (Lipinski definition) is 2. The van der Waals surface area contributed by atoms with Gasteiger partial charge in [-0.1, -0.05) is 23.7 Å². The van der Waals surface area contributed by atoms with Gasteiger partial charge < -0.3 is 15.2 Å². The van der Waals surface area contributed by atoms with Gasteiger partial charge in [0.2, 0.25) is 5.91 Å². The van der Waals surface area contributed by atoms with E-state index in [0.717, 1.165) is 11.1 Å². The van der Waals surface area contributed by atoms with Crippen LogP contribution in [0.1, 0.15) is 24.0 Å². The average molecular weight is 314 g/mol. The number of aliphatic carboxylic acids is 1. The quantitative estimate of drug-likeness (QED) is 0.771. The fourth-order valence-electron chi connectivity index (χ4n) is 1.81. The number of carbonyl (C=O) groups is 2. The van der Waals surface area contributed by atoms with Crippen molar-refractivity contribution in [1.29, 1.82) is 0 Å². The highest BCUT2D eigenvalue weighted by molar-refractivity contribution is 6.31. The van der Waals surface area contributed by atoms with Crippen LogP contribution >= 0.6 is 11.6 Å². The van der Waals surface area contributed by atoms with Gasteiger partial charge in [0.25, 0.3) is 0 Å². The molecule has 6 heteroatoms. The zero-order valence-electron chi connectivity index (χ0n) is 12.2. The van der Waals surface area contributed by atoms with Gasteiger partial charge in [0, 0.05) is 31.6 Å². The number of ether oxygens (including phenoxy) is 1. The van der Waals surface area contributed by atoms with Crippen LogP contribution in [-0.2, 0) is 20.7 Å². The molecule has 1 unspecified atom stereocenters. The molecule has 0 radical (unpaired) electrons. The van der Waals surface area contributed by atoms with E-state index in [-0.39, 0.29) is 25.4 Å². The average Bonchev–Trinajstić information content (AvgIpc) is 2.44. The molecule has 5 nitrogen and oxygen atoms in total. The van der Waals surface area contributed by atoms with E-state index in [1.807, 2.05) is 25.1 Å². The number of methoxy groups -OCH3 is 1. The van der Waals surface area contributed by atoms with E-state index in [0.29, 0.717) is 11.4 Å². The Hall–Kier alpha value is -1.59. The van der Waals surface area contributed by atoms with Crippen LogP contribution in [0, 0.1) is 6.92 Å². The normalized spacial score (nSPS) is 12.0. The van der Waals surface area contributed by atoms with Crippen molar-refractivity contribution < 1.29 is 19.4 Å². The summed E-state index contributed by atoms with van der Waals surface area (Å²) in [7, 11) is 1.49. The maximum absolute atomic E-state index is 11.8. The number of carboxylic acid groups (broad SMARTS) is 1. The molecule has 1 rings (SSSR count). The van der Waals surface area contributed by atoms with Gasteiger partial charge in [-0.3, -0.25) is 4.79 Å². The first-order chi connectivity index (χ1) is 9.93. The molecule has 0 aromatic heterocycles. The number of halogens is 1. The molecule has 0 saturated heterocycles. The zero-order valence-corrected chi connectivity index (χ0v) is 12.9. The van der Waals surface area contributed by atoms with Crippen molar-refractivity contribution in [2.75, 3.05) is 13.7 Å². The van der Waals surface area contributed by atoms with E-state index in [9.17, 15) is 9.59 Å². The second-order valence-electron chi connectivity index (χ2n) is 4.82. The van der Waals surface area contributed by atoms with Crippen LogP contribution in [0.25, 0.3) is 0 Å². The van der Waals surface area contributed by atoms with Crippen LogP contribution in [0.15, 0.2) is 18.2 Å². The summed E-state index contributed by atoms with van der Waals surface area (Å²) in [5.74, 6) is -1.35. The highest BCUT2D eigenvalue weighted by Gasteiger charge is 2.19. The Bertz CT molecular complexity index is 504. The van der Waals surface area contributed by atoms with Gasteiger partial charge in [0.05, 0.1) is 0 Å². The number of amides is 1. The van der Waals surface area contributed by atoms with Crippen molar-refractivity contribution >= 4 is 23.5 Å². The first-order valence-electron chi connectivity index (χ1n) is 6.70. The molecule has 0 aliphatic heterocycles. The predicted octanol–water partition coefficient (Wildman–Crippen LogP) is 2.19. The Morgan fingerprint density at radius 1 is 1.43 bits per heavy atom. The zero-order chi connectivity index (χ0) is 15.8. The van der Waals surface area contributed by atoms with Crippen LogP contribution < -0.4 is 5.32 Å². The molecule has 0 aliphatic rings. The Morgan fingerprint density at radius 3 is 2.71 bits per heavy atom. The topological polar surface area (TPSA) is 75.6 Å². The van der Waals surface area contributed by atoms with Crippen molar-refractivity contribution in [3.63, 3.8) is 0 Å². The minimum atomic E-state index is -1.06. The summed E-state index contributed by atoms with van der Waals surface area (Å²) in [6, 6.07) is 4.71. The van der Waals surface area contributed by atoms with Crippen LogP contribution in [0.2, 0.25) is 5.02 Å². The summed E-state index contributed by atoms with van der Waals surface area (Å²) in [6.07, 6.45) is 0.979. The Balaban J connectivity index is 2.48. The van der Waals surface area contributed by atoms with Crippen molar-refractivity contribution in [2.24, 2.45) is 0 Å². The Kier molecular flexibility index (Phi) is 7.19. The molecule has 0 spiro atoms. The Morgan fingerprint density at radius 2 is 2.14 bits per heavy atom. The lowest BCUT2D eigenvalue weighted by Gasteiger charge is -2.14. The highest BCUT2D eigenvalue weighted by atomic mass is 35.5. The summed E-state index contributed by atoms with van der Waals surface area (Å²) in [4.78, 5) is 22.8. The van der Waals surface area contributed by atoms with Gasteiger partial charge in [-0.25, -0.2) is 4.79 Å². The second kappa shape index (κ2) is 8.64. The minimum absolute atomic E-state index is 0.218. The molecule has 0 saturated carbocycles. The van der Waals surface area contributed by atoms with E-state index in [2.05, 4.69) is 5.32 Å². The van der Waals surface area contributed by atoms with Crippen molar-refractivity contribution in [2.45, 2.75) is 32.2 Å². The van der Waals surface area contributed by atoms with E-state index in [4.69, 9.17) is 21.4 Å². The van der Waals surface area contributed by atoms with Gasteiger partial charge in [-0.05, 0) is 30.5 Å². The van der Waals surface area contributed by atoms with Gasteiger partial charge in [0.1, 0.15) is 6.04 Å². The molecule has 0 fully saturated rings. The summed E-state index contributed by atoms with van der Waals surface area (Å²) >= 11 is 6.02. The molecule has 0 heterocycles. The van der Waals surface area contributed by atoms with E-state index >= 15 is 0 Å². The van der Waals surface area contributed by atoms with Crippen molar-refractivity contribution in [3.05, 3.63) is 34.3 Å². The van der Waals surface area contributed by atoms with Crippen LogP contribution in [-0.4, -0.2) is 36.7 Å². The smallest absolute Gasteiger partial charge is 0.326 e. The lowest BCUT2D eigenvalue weighted by molar-refractivity contribution is -0.142. The van der Waals surface area contributed by atoms with E-state index < -0.39 is 12.0 Å². The van der Waals surface area contributed by atoms with Crippen LogP contribution in [0.4, 0.5) is 0 Å². The largest absolute Gasteiger partial charge is 0.480 e. The molecule has 1 aromatic carbocycles. The SMILES string of the molecule is COCCC(NC(=O)CCc1ccc(C)c(Cl)c1)C(=O)O. The maximum Gasteiger partial charge on any atom is 0.326 e. The number of carboxylic acids is 1. The summed E-state index contributed by atoms with van der Waals surface area (Å²) in [6.45, 7) is 2.19. The number of aryl methyl sites for hydroxylation is 2. The van der Waals surface area contributed by atoms with Crippen LogP contribution in [0.5, 0.6) is 0 Å². The van der Waals surface area contributed by atoms with Gasteiger partial charge in [-0.2, -0.15) is 0 Å². The lowest BCUT2D eigenvalue weighted by atomic mass is 10.1. The minimum Gasteiger partial charge on any atom is -0.480 e. The third-order valence-corrected chi connectivity index (χ3v) is 3.53. The lowest BCUT2D eigenvalue weighted by Crippen LogP contribution is -2.41. The molecule has 1 aromatic rings. The van der Waals surface area contributed by atoms with Gasteiger partial charge in [0.15, 0.2) is 0 Å². The number of rotatable bonds is 8. The standard InChI is InChI=1S/C15H20ClNO4/c1-10-3-4-11(9-12(10)16)5-6-14(18)17-13(15(19)20)7-8-21-2/h3-4,9,13H,5-8H2,1-2H3,(H,17,18)(H,19,20). The molecular formula is C15H20ClNO4. The molecule has 116 valence electrons. The summed E-state index contributed by atoms with van der Waals surface area (Å²) in [5, 5.41) is 12.2. The predicted molar refractivity (Wildman–Crippen MR) is 80.6 cm³/mol. The number of carbonyl (C=O) groups excluding carboxylic acids is 1. The maximum atomic E-state index is 11.8. The molecule has 21 heavy (non-hydrogen) atoms. The number of benzene rings is 1. The van der Waals surface area contributed by atoms with Crippen LogP contribution in [0.3, 0.4) is 0 Å². The number of nitrogens with one attached hydrogen (secondary N) is 1. The fraction of sp³-hybridized carbons (Fsp3) is 0.467. The second-order valence-corrected chi connectivity index (χ2v) is 5.23. The molecule has 1 atom stereocenters. The van der Waals surface area contributed by atoms with Crippen molar-refractivity contribution in [1.82, 2.24) is 5.32 Å². The highest BCUT2D eigenvalue weighted by Crippen LogP contribution is 2.17. The van der Waals surface area contributed by atoms with Gasteiger partial charge >= 0.3 is 5.97 Å². The third kappa shape index (κ3) is 6.14. The molecule has 1 amide bonds. The Labute approximate surface area is 129 Å².